The third kappa shape index (κ3) is 2.40. The molecule has 0 spiro atoms. The maximum atomic E-state index is 12.9. The summed E-state index contributed by atoms with van der Waals surface area (Å²) in [5, 5.41) is 0.568. The Morgan fingerprint density at radius 1 is 1.14 bits per heavy atom. The van der Waals surface area contributed by atoms with Gasteiger partial charge in [0.25, 0.3) is 0 Å². The fraction of sp³-hybridized carbons (Fsp3) is 0.294. The van der Waals surface area contributed by atoms with Gasteiger partial charge in [0, 0.05) is 6.07 Å². The van der Waals surface area contributed by atoms with Crippen LogP contribution in [0.15, 0.2) is 29.2 Å². The van der Waals surface area contributed by atoms with Crippen molar-refractivity contribution >= 4 is 28.3 Å². The lowest BCUT2D eigenvalue weighted by Gasteiger charge is -2.20. The third-order valence-corrected chi connectivity index (χ3v) is 5.88. The van der Waals surface area contributed by atoms with Crippen molar-refractivity contribution in [3.05, 3.63) is 51.5 Å². The van der Waals surface area contributed by atoms with Gasteiger partial charge in [-0.15, -0.1) is 0 Å². The van der Waals surface area contributed by atoms with Gasteiger partial charge in [0.05, 0.1) is 29.3 Å². The molecule has 1 aliphatic heterocycles. The molecule has 3 nitrogen and oxygen atoms in total. The molecular formula is C17H18ClNO2S. The minimum absolute atomic E-state index is 0.568. The summed E-state index contributed by atoms with van der Waals surface area (Å²) in [5.41, 5.74) is 5.29. The van der Waals surface area contributed by atoms with E-state index in [0.717, 1.165) is 27.3 Å². The second kappa shape index (κ2) is 5.60. The first kappa shape index (κ1) is 15.4. The molecular weight excluding hydrogens is 318 g/mol. The van der Waals surface area contributed by atoms with Crippen LogP contribution in [0.25, 0.3) is 0 Å². The first-order chi connectivity index (χ1) is 10.4. The van der Waals surface area contributed by atoms with Gasteiger partial charge in [-0.05, 0) is 43.5 Å². The zero-order chi connectivity index (χ0) is 16.0. The highest BCUT2D eigenvalue weighted by Gasteiger charge is 2.30. The number of halogens is 1. The molecule has 0 fully saturated rings. The van der Waals surface area contributed by atoms with Gasteiger partial charge < -0.3 is 4.74 Å². The largest absolute Gasteiger partial charge is 0.495 e. The molecule has 116 valence electrons. The van der Waals surface area contributed by atoms with Gasteiger partial charge in [-0.2, -0.15) is 0 Å². The highest BCUT2D eigenvalue weighted by molar-refractivity contribution is 7.86. The van der Waals surface area contributed by atoms with Crippen LogP contribution < -0.4 is 9.04 Å². The molecule has 3 rings (SSSR count). The fourth-order valence-electron chi connectivity index (χ4n) is 2.97. The van der Waals surface area contributed by atoms with Crippen molar-refractivity contribution in [2.24, 2.45) is 0 Å². The van der Waals surface area contributed by atoms with Gasteiger partial charge in [0.2, 0.25) is 0 Å². The van der Waals surface area contributed by atoms with E-state index < -0.39 is 11.0 Å². The average Bonchev–Trinajstić information content (AvgIpc) is 2.76. The minimum Gasteiger partial charge on any atom is -0.495 e. The van der Waals surface area contributed by atoms with E-state index in [1.54, 1.807) is 7.11 Å². The summed E-state index contributed by atoms with van der Waals surface area (Å²) in [6.45, 7) is 6.69. The molecule has 2 aromatic carbocycles. The number of fused-ring (bicyclic) bond motifs is 1. The van der Waals surface area contributed by atoms with Crippen molar-refractivity contribution in [3.8, 4) is 5.75 Å². The number of nitrogens with zero attached hydrogens (tertiary/aromatic N) is 1. The molecule has 0 saturated heterocycles. The first-order valence-corrected chi connectivity index (χ1v) is 8.54. The van der Waals surface area contributed by atoms with Crippen molar-refractivity contribution in [2.75, 3.05) is 11.4 Å². The number of ether oxygens (including phenoxy) is 1. The van der Waals surface area contributed by atoms with Crippen molar-refractivity contribution in [1.82, 2.24) is 0 Å². The molecule has 1 atom stereocenters. The van der Waals surface area contributed by atoms with Crippen LogP contribution in [0.2, 0.25) is 5.02 Å². The van der Waals surface area contributed by atoms with Crippen LogP contribution in [0, 0.1) is 20.8 Å². The summed E-state index contributed by atoms with van der Waals surface area (Å²) >= 11 is 6.16. The first-order valence-electron chi connectivity index (χ1n) is 7.06. The number of hydrogen-bond donors (Lipinski definition) is 0. The Kier molecular flexibility index (Phi) is 3.91. The summed E-state index contributed by atoms with van der Waals surface area (Å²) in [5.74, 6) is 0.600. The van der Waals surface area contributed by atoms with E-state index >= 15 is 0 Å². The maximum absolute atomic E-state index is 12.9. The SMILES string of the molecule is COc1cc(N2Cc3cc(C)cc(C)c3S2=O)c(C)cc1Cl. The van der Waals surface area contributed by atoms with Crippen LogP contribution in [0.4, 0.5) is 5.69 Å². The molecule has 22 heavy (non-hydrogen) atoms. The fourth-order valence-corrected chi connectivity index (χ4v) is 4.80. The highest BCUT2D eigenvalue weighted by atomic mass is 35.5. The van der Waals surface area contributed by atoms with Gasteiger partial charge in [-0.25, -0.2) is 4.21 Å². The van der Waals surface area contributed by atoms with E-state index in [4.69, 9.17) is 16.3 Å². The summed E-state index contributed by atoms with van der Waals surface area (Å²) in [6.07, 6.45) is 0. The zero-order valence-electron chi connectivity index (χ0n) is 13.1. The van der Waals surface area contributed by atoms with E-state index in [1.807, 2.05) is 30.3 Å². The number of benzene rings is 2. The molecule has 1 heterocycles. The van der Waals surface area contributed by atoms with Crippen LogP contribution in [-0.2, 0) is 17.5 Å². The molecule has 5 heteroatoms. The number of hydrogen-bond acceptors (Lipinski definition) is 2. The number of rotatable bonds is 2. The number of aryl methyl sites for hydroxylation is 3. The Balaban J connectivity index is 2.09. The van der Waals surface area contributed by atoms with Crippen molar-refractivity contribution in [2.45, 2.75) is 32.2 Å². The quantitative estimate of drug-likeness (QED) is 0.818. The normalized spacial score (nSPS) is 16.8. The van der Waals surface area contributed by atoms with Crippen LogP contribution in [0.3, 0.4) is 0 Å². The Bertz CT molecular complexity index is 789. The zero-order valence-corrected chi connectivity index (χ0v) is 14.6. The van der Waals surface area contributed by atoms with E-state index in [0.29, 0.717) is 17.3 Å². The summed E-state index contributed by atoms with van der Waals surface area (Å²) in [6, 6.07) is 7.91. The van der Waals surface area contributed by atoms with Crippen LogP contribution in [0.1, 0.15) is 22.3 Å². The molecule has 0 aromatic heterocycles. The number of methoxy groups -OCH3 is 1. The molecule has 0 N–H and O–H groups in total. The smallest absolute Gasteiger partial charge is 0.153 e. The summed E-state index contributed by atoms with van der Waals surface area (Å²) in [7, 11) is 0.388. The highest BCUT2D eigenvalue weighted by Crippen LogP contribution is 2.39. The summed E-state index contributed by atoms with van der Waals surface area (Å²) < 4.78 is 20.1. The number of anilines is 1. The van der Waals surface area contributed by atoms with Crippen molar-refractivity contribution in [1.29, 1.82) is 0 Å². The molecule has 0 aliphatic carbocycles. The molecule has 0 radical (unpaired) electrons. The Morgan fingerprint density at radius 3 is 2.55 bits per heavy atom. The molecule has 2 aromatic rings. The molecule has 0 saturated carbocycles. The lowest BCUT2D eigenvalue weighted by molar-refractivity contribution is 0.415. The van der Waals surface area contributed by atoms with Crippen LogP contribution in [-0.4, -0.2) is 11.3 Å². The van der Waals surface area contributed by atoms with E-state index in [2.05, 4.69) is 19.1 Å². The Labute approximate surface area is 138 Å². The lowest BCUT2D eigenvalue weighted by Crippen LogP contribution is -2.19. The molecule has 1 aliphatic rings. The van der Waals surface area contributed by atoms with Gasteiger partial charge >= 0.3 is 0 Å². The second-order valence-corrected chi connectivity index (χ2v) is 7.38. The van der Waals surface area contributed by atoms with Crippen molar-refractivity contribution in [3.63, 3.8) is 0 Å². The Morgan fingerprint density at radius 2 is 1.86 bits per heavy atom. The van der Waals surface area contributed by atoms with E-state index in [9.17, 15) is 4.21 Å². The average molecular weight is 336 g/mol. The van der Waals surface area contributed by atoms with Gasteiger partial charge in [0.15, 0.2) is 11.0 Å². The maximum Gasteiger partial charge on any atom is 0.153 e. The van der Waals surface area contributed by atoms with Crippen LogP contribution in [0.5, 0.6) is 5.75 Å². The van der Waals surface area contributed by atoms with Crippen molar-refractivity contribution < 1.29 is 8.95 Å². The Hall–Kier alpha value is -1.52. The molecule has 0 bridgehead atoms. The monoisotopic (exact) mass is 335 g/mol. The molecule has 0 amide bonds. The van der Waals surface area contributed by atoms with E-state index in [1.165, 1.54) is 5.56 Å². The topological polar surface area (TPSA) is 29.5 Å². The lowest BCUT2D eigenvalue weighted by atomic mass is 10.1. The van der Waals surface area contributed by atoms with E-state index in [-0.39, 0.29) is 0 Å². The minimum atomic E-state index is -1.20. The predicted octanol–water partition coefficient (Wildman–Crippen LogP) is 4.32. The second-order valence-electron chi connectivity index (χ2n) is 5.63. The standard InChI is InChI=1S/C17H18ClNO2S/c1-10-5-12(3)17-13(6-10)9-19(22(17)20)15-8-16(21-4)14(18)7-11(15)2/h5-8H,9H2,1-4H3. The summed E-state index contributed by atoms with van der Waals surface area (Å²) in [4.78, 5) is 0.930. The van der Waals surface area contributed by atoms with Gasteiger partial charge in [-0.1, -0.05) is 29.3 Å². The van der Waals surface area contributed by atoms with Crippen LogP contribution >= 0.6 is 11.6 Å². The van der Waals surface area contributed by atoms with Gasteiger partial charge in [-0.3, -0.25) is 4.31 Å². The predicted molar refractivity (Wildman–Crippen MR) is 91.2 cm³/mol. The van der Waals surface area contributed by atoms with Gasteiger partial charge in [0.1, 0.15) is 5.75 Å². The third-order valence-electron chi connectivity index (χ3n) is 3.92. The molecule has 1 unspecified atom stereocenters.